The first-order chi connectivity index (χ1) is 14.6. The number of nitrogens with one attached hydrogen (secondary N) is 1. The van der Waals surface area contributed by atoms with Gasteiger partial charge in [-0.2, -0.15) is 0 Å². The molecule has 0 aromatic heterocycles. The van der Waals surface area contributed by atoms with Gasteiger partial charge in [-0.3, -0.25) is 0 Å². The number of carbonyl (C=O) groups is 2. The molecule has 2 aromatic rings. The van der Waals surface area contributed by atoms with E-state index in [2.05, 4.69) is 34.5 Å². The Morgan fingerprint density at radius 2 is 1.60 bits per heavy atom. The van der Waals surface area contributed by atoms with Crippen molar-refractivity contribution in [1.82, 2.24) is 10.2 Å². The van der Waals surface area contributed by atoms with Crippen molar-refractivity contribution < 1.29 is 14.3 Å². The predicted molar refractivity (Wildman–Crippen MR) is 122 cm³/mol. The lowest BCUT2D eigenvalue weighted by Crippen LogP contribution is -2.37. The van der Waals surface area contributed by atoms with E-state index in [0.717, 1.165) is 25.7 Å². The lowest BCUT2D eigenvalue weighted by Gasteiger charge is -2.17. The monoisotopic (exact) mass is 410 g/mol. The number of rotatable bonds is 9. The minimum absolute atomic E-state index is 0.0212. The Morgan fingerprint density at radius 1 is 1.03 bits per heavy atom. The number of nitrogens with zero attached hydrogens (tertiary/aromatic N) is 1. The summed E-state index contributed by atoms with van der Waals surface area (Å²) in [5.74, 6) is 0.0212. The molecule has 0 fully saturated rings. The van der Waals surface area contributed by atoms with Crippen LogP contribution in [-0.2, 0) is 9.53 Å². The van der Waals surface area contributed by atoms with Gasteiger partial charge in [0.25, 0.3) is 0 Å². The van der Waals surface area contributed by atoms with Gasteiger partial charge in [-0.15, -0.1) is 0 Å². The fraction of sp³-hybridized carbons (Fsp3) is 0.440. The third kappa shape index (κ3) is 6.17. The highest BCUT2D eigenvalue weighted by molar-refractivity contribution is 5.79. The molecule has 1 N–H and O–H groups in total. The fourth-order valence-electron chi connectivity index (χ4n) is 3.76. The van der Waals surface area contributed by atoms with Crippen LogP contribution in [0.25, 0.3) is 11.1 Å². The number of amides is 1. The van der Waals surface area contributed by atoms with Crippen molar-refractivity contribution >= 4 is 12.4 Å². The van der Waals surface area contributed by atoms with Crippen LogP contribution >= 0.6 is 0 Å². The molecular formula is C25H34N2O3. The maximum Gasteiger partial charge on any atom is 0.407 e. The first-order valence-corrected chi connectivity index (χ1v) is 10.8. The zero-order valence-electron chi connectivity index (χ0n) is 18.6. The van der Waals surface area contributed by atoms with Gasteiger partial charge in [0.05, 0.1) is 6.04 Å². The van der Waals surface area contributed by atoms with Crippen molar-refractivity contribution in [3.63, 3.8) is 0 Å². The molecule has 0 saturated carbocycles. The van der Waals surface area contributed by atoms with Gasteiger partial charge in [0.1, 0.15) is 12.9 Å². The molecule has 1 aliphatic rings. The second-order valence-electron chi connectivity index (χ2n) is 7.51. The first-order valence-electron chi connectivity index (χ1n) is 10.8. The Hall–Kier alpha value is -2.66. The highest BCUT2D eigenvalue weighted by Gasteiger charge is 2.29. The summed E-state index contributed by atoms with van der Waals surface area (Å²) in [5.41, 5.74) is 4.73. The molecule has 0 heterocycles. The Kier molecular flexibility index (Phi) is 9.55. The molecule has 3 rings (SSSR count). The summed E-state index contributed by atoms with van der Waals surface area (Å²) in [7, 11) is 4.04. The summed E-state index contributed by atoms with van der Waals surface area (Å²) in [6.07, 6.45) is 2.75. The van der Waals surface area contributed by atoms with E-state index < -0.39 is 12.1 Å². The summed E-state index contributed by atoms with van der Waals surface area (Å²) in [4.78, 5) is 25.6. The number of carbonyl (C=O) groups excluding carboxylic acids is 2. The average Bonchev–Trinajstić information content (AvgIpc) is 3.09. The van der Waals surface area contributed by atoms with Crippen LogP contribution in [0.4, 0.5) is 4.79 Å². The highest BCUT2D eigenvalue weighted by atomic mass is 16.5. The van der Waals surface area contributed by atoms with Crippen molar-refractivity contribution in [2.75, 3.05) is 27.2 Å². The fourth-order valence-corrected chi connectivity index (χ4v) is 3.76. The van der Waals surface area contributed by atoms with Crippen LogP contribution in [0, 0.1) is 0 Å². The van der Waals surface area contributed by atoms with Gasteiger partial charge in [-0.05, 0) is 62.2 Å². The van der Waals surface area contributed by atoms with E-state index in [-0.39, 0.29) is 12.5 Å². The maximum atomic E-state index is 12.2. The third-order valence-electron chi connectivity index (χ3n) is 5.18. The molecule has 0 unspecified atom stereocenters. The second-order valence-corrected chi connectivity index (χ2v) is 7.51. The molecule has 1 atom stereocenters. The Morgan fingerprint density at radius 3 is 2.13 bits per heavy atom. The number of benzene rings is 2. The number of fused-ring (bicyclic) bond motifs is 3. The maximum absolute atomic E-state index is 12.2. The standard InChI is InChI=1S/C23H28N2O3.C2H6/c1-25(2)14-8-7-9-17(15-26)24-23(27)28-16-22-20-12-5-3-10-18(20)19-11-4-6-13-21(19)22;1-2/h3-6,10-13,15,17,22H,7-9,14,16H2,1-2H3,(H,24,27);1-2H3/t17-;/m0./s1. The van der Waals surface area contributed by atoms with E-state index in [1.807, 2.05) is 52.2 Å². The van der Waals surface area contributed by atoms with Crippen LogP contribution in [-0.4, -0.2) is 50.6 Å². The van der Waals surface area contributed by atoms with E-state index >= 15 is 0 Å². The molecule has 162 valence electrons. The molecule has 5 nitrogen and oxygen atoms in total. The molecule has 30 heavy (non-hydrogen) atoms. The summed E-state index contributed by atoms with van der Waals surface area (Å²) in [6, 6.07) is 15.9. The van der Waals surface area contributed by atoms with Crippen LogP contribution in [0.2, 0.25) is 0 Å². The topological polar surface area (TPSA) is 58.6 Å². The van der Waals surface area contributed by atoms with E-state index in [0.29, 0.717) is 6.42 Å². The molecule has 5 heteroatoms. The minimum atomic E-state index is -0.536. The minimum Gasteiger partial charge on any atom is -0.449 e. The first kappa shape index (κ1) is 23.6. The van der Waals surface area contributed by atoms with Gasteiger partial charge in [-0.1, -0.05) is 62.4 Å². The van der Waals surface area contributed by atoms with Crippen molar-refractivity contribution in [2.45, 2.75) is 45.1 Å². The van der Waals surface area contributed by atoms with Crippen LogP contribution in [0.3, 0.4) is 0 Å². The van der Waals surface area contributed by atoms with Crippen molar-refractivity contribution in [2.24, 2.45) is 0 Å². The zero-order valence-corrected chi connectivity index (χ0v) is 18.6. The van der Waals surface area contributed by atoms with Crippen molar-refractivity contribution in [1.29, 1.82) is 0 Å². The van der Waals surface area contributed by atoms with Crippen LogP contribution < -0.4 is 5.32 Å². The third-order valence-corrected chi connectivity index (χ3v) is 5.18. The molecule has 0 bridgehead atoms. The summed E-state index contributed by atoms with van der Waals surface area (Å²) >= 11 is 0. The molecule has 0 aliphatic heterocycles. The van der Waals surface area contributed by atoms with Crippen molar-refractivity contribution in [3.05, 3.63) is 59.7 Å². The summed E-state index contributed by atoms with van der Waals surface area (Å²) in [5, 5.41) is 2.68. The van der Waals surface area contributed by atoms with Gasteiger partial charge in [0.15, 0.2) is 0 Å². The number of hydrogen-bond acceptors (Lipinski definition) is 4. The highest BCUT2D eigenvalue weighted by Crippen LogP contribution is 2.44. The summed E-state index contributed by atoms with van der Waals surface area (Å²) < 4.78 is 5.50. The van der Waals surface area contributed by atoms with Gasteiger partial charge in [0, 0.05) is 5.92 Å². The zero-order chi connectivity index (χ0) is 21.9. The van der Waals surface area contributed by atoms with E-state index in [1.54, 1.807) is 0 Å². The SMILES string of the molecule is CC.CN(C)CCCC[C@@H](C=O)NC(=O)OCC1c2ccccc2-c2ccccc21. The van der Waals surface area contributed by atoms with Gasteiger partial charge in [0.2, 0.25) is 0 Å². The molecule has 0 spiro atoms. The van der Waals surface area contributed by atoms with Crippen LogP contribution in [0.5, 0.6) is 0 Å². The van der Waals surface area contributed by atoms with Crippen LogP contribution in [0.15, 0.2) is 48.5 Å². The van der Waals surface area contributed by atoms with Crippen LogP contribution in [0.1, 0.15) is 50.2 Å². The lowest BCUT2D eigenvalue weighted by molar-refractivity contribution is -0.109. The number of ether oxygens (including phenoxy) is 1. The largest absolute Gasteiger partial charge is 0.449 e. The Bertz CT molecular complexity index is 774. The normalized spacial score (nSPS) is 13.0. The van der Waals surface area contributed by atoms with Gasteiger partial charge < -0.3 is 19.7 Å². The van der Waals surface area contributed by atoms with Crippen molar-refractivity contribution in [3.8, 4) is 11.1 Å². The van der Waals surface area contributed by atoms with E-state index in [1.165, 1.54) is 22.3 Å². The van der Waals surface area contributed by atoms with E-state index in [4.69, 9.17) is 4.74 Å². The molecular weight excluding hydrogens is 376 g/mol. The summed E-state index contributed by atoms with van der Waals surface area (Å²) in [6.45, 7) is 5.22. The Labute approximate surface area is 180 Å². The number of unbranched alkanes of at least 4 members (excludes halogenated alkanes) is 1. The molecule has 2 aromatic carbocycles. The Balaban J connectivity index is 0.00000155. The predicted octanol–water partition coefficient (Wildman–Crippen LogP) is 4.85. The molecule has 0 saturated heterocycles. The number of alkyl carbamates (subject to hydrolysis) is 1. The second kappa shape index (κ2) is 12.1. The average molecular weight is 411 g/mol. The van der Waals surface area contributed by atoms with Gasteiger partial charge >= 0.3 is 6.09 Å². The van der Waals surface area contributed by atoms with Gasteiger partial charge in [-0.25, -0.2) is 4.79 Å². The smallest absolute Gasteiger partial charge is 0.407 e. The number of aldehydes is 1. The molecule has 1 aliphatic carbocycles. The molecule has 0 radical (unpaired) electrons. The quantitative estimate of drug-likeness (QED) is 0.474. The molecule has 1 amide bonds. The number of hydrogen-bond donors (Lipinski definition) is 1. The van der Waals surface area contributed by atoms with E-state index in [9.17, 15) is 9.59 Å². The lowest BCUT2D eigenvalue weighted by atomic mass is 9.98.